The van der Waals surface area contributed by atoms with E-state index in [-0.39, 0.29) is 11.9 Å². The molecule has 1 aliphatic carbocycles. The number of amides is 1. The van der Waals surface area contributed by atoms with Crippen LogP contribution in [0.1, 0.15) is 59.0 Å². The predicted octanol–water partition coefficient (Wildman–Crippen LogP) is 4.85. The van der Waals surface area contributed by atoms with Crippen molar-refractivity contribution in [2.45, 2.75) is 51.0 Å². The number of benzene rings is 1. The molecule has 1 saturated carbocycles. The van der Waals surface area contributed by atoms with Crippen LogP contribution >= 0.6 is 11.3 Å². The largest absolute Gasteiger partial charge is 0.397 e. The van der Waals surface area contributed by atoms with Gasteiger partial charge in [0.05, 0.1) is 5.69 Å². The second-order valence-corrected chi connectivity index (χ2v) is 9.63. The Morgan fingerprint density at radius 3 is 2.57 bits per heavy atom. The number of anilines is 2. The van der Waals surface area contributed by atoms with Crippen LogP contribution in [0.2, 0.25) is 0 Å². The summed E-state index contributed by atoms with van der Waals surface area (Å²) in [6.45, 7) is 4.29. The van der Waals surface area contributed by atoms with E-state index in [9.17, 15) is 4.79 Å². The van der Waals surface area contributed by atoms with Gasteiger partial charge in [-0.3, -0.25) is 4.79 Å². The molecule has 156 valence electrons. The number of carbonyl (C=O) groups excluding carboxylic acids is 1. The van der Waals surface area contributed by atoms with E-state index < -0.39 is 0 Å². The van der Waals surface area contributed by atoms with Crippen LogP contribution in [0.4, 0.5) is 11.4 Å². The van der Waals surface area contributed by atoms with E-state index in [1.54, 1.807) is 0 Å². The Morgan fingerprint density at radius 2 is 1.83 bits per heavy atom. The lowest BCUT2D eigenvalue weighted by molar-refractivity contribution is 0.0914. The number of aromatic nitrogens is 1. The molecule has 0 unspecified atom stereocenters. The normalized spacial score (nSPS) is 21.4. The Kier molecular flexibility index (Phi) is 5.11. The third-order valence-corrected chi connectivity index (χ3v) is 7.61. The molecule has 0 radical (unpaired) electrons. The van der Waals surface area contributed by atoms with Crippen molar-refractivity contribution in [2.24, 2.45) is 0 Å². The smallest absolute Gasteiger partial charge is 0.263 e. The van der Waals surface area contributed by atoms with E-state index >= 15 is 0 Å². The van der Waals surface area contributed by atoms with Crippen LogP contribution in [0.5, 0.6) is 0 Å². The van der Waals surface area contributed by atoms with Crippen LogP contribution in [0.15, 0.2) is 36.4 Å². The Morgan fingerprint density at radius 1 is 1.10 bits per heavy atom. The summed E-state index contributed by atoms with van der Waals surface area (Å²) in [5.41, 5.74) is 10.4. The lowest BCUT2D eigenvalue weighted by atomic mass is 9.76. The molecule has 2 aliphatic rings. The topological polar surface area (TPSA) is 71.2 Å². The second kappa shape index (κ2) is 7.91. The van der Waals surface area contributed by atoms with Crippen molar-refractivity contribution in [3.63, 3.8) is 0 Å². The average molecular weight is 421 g/mol. The van der Waals surface area contributed by atoms with Crippen LogP contribution in [-0.2, 0) is 0 Å². The van der Waals surface area contributed by atoms with E-state index in [1.165, 1.54) is 54.9 Å². The summed E-state index contributed by atoms with van der Waals surface area (Å²) in [6.07, 6.45) is 5.92. The number of rotatable bonds is 4. The zero-order chi connectivity index (χ0) is 20.7. The van der Waals surface area contributed by atoms with Crippen molar-refractivity contribution in [1.29, 1.82) is 0 Å². The molecule has 3 aromatic rings. The number of hydrogen-bond donors (Lipinski definition) is 2. The molecular weight excluding hydrogens is 392 g/mol. The highest BCUT2D eigenvalue weighted by atomic mass is 32.1. The van der Waals surface area contributed by atoms with Crippen molar-refractivity contribution in [3.05, 3.63) is 52.5 Å². The Labute approximate surface area is 181 Å². The molecule has 1 saturated heterocycles. The number of fused-ring (bicyclic) bond motifs is 1. The van der Waals surface area contributed by atoms with Gasteiger partial charge in [0.25, 0.3) is 5.91 Å². The van der Waals surface area contributed by atoms with E-state index in [4.69, 9.17) is 5.73 Å². The molecule has 6 heteroatoms. The third kappa shape index (κ3) is 3.65. The summed E-state index contributed by atoms with van der Waals surface area (Å²) in [4.78, 5) is 21.2. The molecule has 1 aromatic carbocycles. The summed E-state index contributed by atoms with van der Waals surface area (Å²) in [5.74, 6) is 0.451. The molecular formula is C24H28N4OS. The molecule has 0 bridgehead atoms. The quantitative estimate of drug-likeness (QED) is 0.633. The van der Waals surface area contributed by atoms with Crippen LogP contribution < -0.4 is 16.0 Å². The van der Waals surface area contributed by atoms with Crippen molar-refractivity contribution in [1.82, 2.24) is 10.3 Å². The van der Waals surface area contributed by atoms with Gasteiger partial charge in [0, 0.05) is 35.9 Å². The first-order valence-corrected chi connectivity index (χ1v) is 11.7. The Balaban J connectivity index is 1.19. The number of nitrogen functional groups attached to an aromatic ring is 1. The molecule has 0 atom stereocenters. The molecule has 3 heterocycles. The molecule has 0 spiro atoms. The van der Waals surface area contributed by atoms with Crippen LogP contribution in [0, 0.1) is 6.92 Å². The highest BCUT2D eigenvalue weighted by Crippen LogP contribution is 2.39. The lowest BCUT2D eigenvalue weighted by Crippen LogP contribution is -2.43. The third-order valence-electron chi connectivity index (χ3n) is 6.50. The average Bonchev–Trinajstić information content (AvgIpc) is 3.07. The summed E-state index contributed by atoms with van der Waals surface area (Å²) >= 11 is 1.38. The lowest BCUT2D eigenvalue weighted by Gasteiger charge is -2.36. The number of piperidine rings is 1. The first kappa shape index (κ1) is 19.4. The van der Waals surface area contributed by atoms with Gasteiger partial charge in [-0.05, 0) is 74.8 Å². The Bertz CT molecular complexity index is 1060. The van der Waals surface area contributed by atoms with Crippen molar-refractivity contribution in [3.8, 4) is 0 Å². The zero-order valence-corrected chi connectivity index (χ0v) is 18.2. The van der Waals surface area contributed by atoms with E-state index in [0.717, 1.165) is 28.8 Å². The van der Waals surface area contributed by atoms with E-state index in [2.05, 4.69) is 39.5 Å². The van der Waals surface area contributed by atoms with Gasteiger partial charge in [0.1, 0.15) is 9.71 Å². The fraction of sp³-hybridized carbons (Fsp3) is 0.417. The number of pyridine rings is 1. The molecule has 2 fully saturated rings. The molecule has 2 aromatic heterocycles. The first-order valence-electron chi connectivity index (χ1n) is 10.9. The number of thiophene rings is 1. The Hall–Kier alpha value is -2.60. The van der Waals surface area contributed by atoms with E-state index in [0.29, 0.717) is 16.5 Å². The molecule has 5 nitrogen and oxygen atoms in total. The minimum absolute atomic E-state index is 0.0722. The highest BCUT2D eigenvalue weighted by molar-refractivity contribution is 7.21. The molecule has 1 aliphatic heterocycles. The molecule has 30 heavy (non-hydrogen) atoms. The highest BCUT2D eigenvalue weighted by Gasteiger charge is 2.32. The van der Waals surface area contributed by atoms with Crippen molar-refractivity contribution < 1.29 is 4.79 Å². The molecule has 3 N–H and O–H groups in total. The maximum atomic E-state index is 12.8. The standard InChI is InChI=1S/C24H28N4OS/c1-15-5-10-20-21(25)22(30-24(20)26-15)23(29)27-18-13-17(14-18)16-6-8-19(9-7-16)28-11-3-2-4-12-28/h5-10,17-18H,2-4,11-14,25H2,1H3,(H,27,29). The summed E-state index contributed by atoms with van der Waals surface area (Å²) < 4.78 is 0. The minimum Gasteiger partial charge on any atom is -0.397 e. The van der Waals surface area contributed by atoms with Gasteiger partial charge in [0.2, 0.25) is 0 Å². The number of carbonyl (C=O) groups is 1. The van der Waals surface area contributed by atoms with Gasteiger partial charge < -0.3 is 16.0 Å². The number of nitrogens with two attached hydrogens (primary N) is 1. The second-order valence-electron chi connectivity index (χ2n) is 8.63. The number of nitrogens with one attached hydrogen (secondary N) is 1. The van der Waals surface area contributed by atoms with Gasteiger partial charge in [-0.2, -0.15) is 0 Å². The number of aryl methyl sites for hydroxylation is 1. The monoisotopic (exact) mass is 420 g/mol. The summed E-state index contributed by atoms with van der Waals surface area (Å²) in [5, 5.41) is 4.04. The number of hydrogen-bond acceptors (Lipinski definition) is 5. The van der Waals surface area contributed by atoms with Crippen LogP contribution in [-0.4, -0.2) is 30.0 Å². The molecule has 5 rings (SSSR count). The zero-order valence-electron chi connectivity index (χ0n) is 17.4. The van der Waals surface area contributed by atoms with Crippen molar-refractivity contribution >= 4 is 38.8 Å². The predicted molar refractivity (Wildman–Crippen MR) is 125 cm³/mol. The summed E-state index contributed by atoms with van der Waals surface area (Å²) in [7, 11) is 0. The molecule has 1 amide bonds. The van der Waals surface area contributed by atoms with Gasteiger partial charge >= 0.3 is 0 Å². The summed E-state index contributed by atoms with van der Waals surface area (Å²) in [6, 6.07) is 13.2. The van der Waals surface area contributed by atoms with Gasteiger partial charge in [-0.1, -0.05) is 12.1 Å². The minimum atomic E-state index is -0.0722. The van der Waals surface area contributed by atoms with Crippen LogP contribution in [0.3, 0.4) is 0 Å². The van der Waals surface area contributed by atoms with Gasteiger partial charge in [0.15, 0.2) is 0 Å². The van der Waals surface area contributed by atoms with Crippen molar-refractivity contribution in [2.75, 3.05) is 23.7 Å². The number of nitrogens with zero attached hydrogens (tertiary/aromatic N) is 2. The SMILES string of the molecule is Cc1ccc2c(N)c(C(=O)NC3CC(c4ccc(N5CCCCC5)cc4)C3)sc2n1. The van der Waals surface area contributed by atoms with E-state index in [1.807, 2.05) is 19.1 Å². The van der Waals surface area contributed by atoms with Gasteiger partial charge in [-0.25, -0.2) is 4.98 Å². The first-order chi connectivity index (χ1) is 14.6. The van der Waals surface area contributed by atoms with Crippen LogP contribution in [0.25, 0.3) is 10.2 Å². The maximum Gasteiger partial charge on any atom is 0.263 e. The fourth-order valence-electron chi connectivity index (χ4n) is 4.63. The fourth-order valence-corrected chi connectivity index (χ4v) is 5.67. The van der Waals surface area contributed by atoms with Gasteiger partial charge in [-0.15, -0.1) is 11.3 Å². The maximum absolute atomic E-state index is 12.8.